The molecule has 1 aliphatic heterocycles. The summed E-state index contributed by atoms with van der Waals surface area (Å²) in [6, 6.07) is 8.83. The molecule has 0 aliphatic carbocycles. The van der Waals surface area contributed by atoms with E-state index in [9.17, 15) is 4.79 Å². The molecule has 2 atom stereocenters. The van der Waals surface area contributed by atoms with Crippen molar-refractivity contribution in [3.8, 4) is 0 Å². The van der Waals surface area contributed by atoms with Crippen molar-refractivity contribution in [2.24, 2.45) is 5.92 Å². The van der Waals surface area contributed by atoms with Crippen molar-refractivity contribution in [2.75, 3.05) is 6.54 Å². The summed E-state index contributed by atoms with van der Waals surface area (Å²) in [6.07, 6.45) is 2.99. The molecule has 19 heavy (non-hydrogen) atoms. The van der Waals surface area contributed by atoms with Crippen molar-refractivity contribution < 1.29 is 9.90 Å². The first-order valence-corrected chi connectivity index (χ1v) is 7.21. The molecule has 1 fully saturated rings. The summed E-state index contributed by atoms with van der Waals surface area (Å²) in [4.78, 5) is 11.0. The molecule has 3 nitrogen and oxygen atoms in total. The summed E-state index contributed by atoms with van der Waals surface area (Å²) in [5.74, 6) is -0.329. The predicted octanol–water partition coefficient (Wildman–Crippen LogP) is 3.33. The molecular formula is C16H23NO2. The SMILES string of the molecule is CCC(CC)c1cccc(C2CC(C(=O)O)CN2)c1. The highest BCUT2D eigenvalue weighted by Gasteiger charge is 2.30. The highest BCUT2D eigenvalue weighted by atomic mass is 16.4. The van der Waals surface area contributed by atoms with Crippen molar-refractivity contribution in [3.05, 3.63) is 35.4 Å². The van der Waals surface area contributed by atoms with Crippen LogP contribution in [-0.2, 0) is 4.79 Å². The average Bonchev–Trinajstić information content (AvgIpc) is 2.90. The van der Waals surface area contributed by atoms with Gasteiger partial charge in [0.25, 0.3) is 0 Å². The van der Waals surface area contributed by atoms with Gasteiger partial charge in [-0.15, -0.1) is 0 Å². The van der Waals surface area contributed by atoms with Gasteiger partial charge in [-0.3, -0.25) is 4.79 Å². The lowest BCUT2D eigenvalue weighted by Crippen LogP contribution is -2.17. The van der Waals surface area contributed by atoms with E-state index >= 15 is 0 Å². The normalized spacial score (nSPS) is 22.9. The lowest BCUT2D eigenvalue weighted by atomic mass is 9.90. The molecule has 2 rings (SSSR count). The fourth-order valence-corrected chi connectivity index (χ4v) is 2.97. The molecule has 0 aromatic heterocycles. The van der Waals surface area contributed by atoms with Gasteiger partial charge in [-0.05, 0) is 36.3 Å². The summed E-state index contributed by atoms with van der Waals surface area (Å²) >= 11 is 0. The molecule has 104 valence electrons. The zero-order valence-corrected chi connectivity index (χ0v) is 11.7. The first kappa shape index (κ1) is 14.1. The molecule has 2 N–H and O–H groups in total. The first-order valence-electron chi connectivity index (χ1n) is 7.21. The molecule has 0 saturated carbocycles. The minimum Gasteiger partial charge on any atom is -0.481 e. The number of carboxylic acid groups (broad SMARTS) is 1. The Kier molecular flexibility index (Phi) is 4.59. The molecule has 1 heterocycles. The zero-order chi connectivity index (χ0) is 13.8. The van der Waals surface area contributed by atoms with E-state index in [-0.39, 0.29) is 12.0 Å². The van der Waals surface area contributed by atoms with Crippen molar-refractivity contribution in [1.29, 1.82) is 0 Å². The molecule has 0 amide bonds. The standard InChI is InChI=1S/C16H23NO2/c1-3-11(4-2)12-6-5-7-13(8-12)15-9-14(10-17-15)16(18)19/h5-8,11,14-15,17H,3-4,9-10H2,1-2H3,(H,18,19). The van der Waals surface area contributed by atoms with E-state index in [1.54, 1.807) is 0 Å². The van der Waals surface area contributed by atoms with Crippen LogP contribution in [-0.4, -0.2) is 17.6 Å². The Balaban J connectivity index is 2.13. The summed E-state index contributed by atoms with van der Waals surface area (Å²) in [6.45, 7) is 5.01. The Labute approximate surface area is 115 Å². The zero-order valence-electron chi connectivity index (χ0n) is 11.7. The smallest absolute Gasteiger partial charge is 0.307 e. The minimum atomic E-state index is -0.689. The fourth-order valence-electron chi connectivity index (χ4n) is 2.97. The van der Waals surface area contributed by atoms with Crippen LogP contribution in [0, 0.1) is 5.92 Å². The number of hydrogen-bond acceptors (Lipinski definition) is 2. The highest BCUT2D eigenvalue weighted by molar-refractivity contribution is 5.70. The minimum absolute atomic E-state index is 0.190. The third-order valence-corrected chi connectivity index (χ3v) is 4.25. The lowest BCUT2D eigenvalue weighted by Gasteiger charge is -2.17. The molecule has 1 aromatic carbocycles. The second-order valence-corrected chi connectivity index (χ2v) is 5.42. The number of rotatable bonds is 5. The van der Waals surface area contributed by atoms with Gasteiger partial charge in [-0.2, -0.15) is 0 Å². The molecule has 1 saturated heterocycles. The summed E-state index contributed by atoms with van der Waals surface area (Å²) < 4.78 is 0. The second kappa shape index (κ2) is 6.20. The third kappa shape index (κ3) is 3.16. The average molecular weight is 261 g/mol. The monoisotopic (exact) mass is 261 g/mol. The van der Waals surface area contributed by atoms with E-state index in [2.05, 4.69) is 43.4 Å². The van der Waals surface area contributed by atoms with E-state index < -0.39 is 5.97 Å². The Bertz CT molecular complexity index is 440. The van der Waals surface area contributed by atoms with Crippen LogP contribution in [0.2, 0.25) is 0 Å². The van der Waals surface area contributed by atoms with Crippen LogP contribution in [0.4, 0.5) is 0 Å². The van der Waals surface area contributed by atoms with Crippen LogP contribution in [0.15, 0.2) is 24.3 Å². The highest BCUT2D eigenvalue weighted by Crippen LogP contribution is 2.30. The van der Waals surface area contributed by atoms with Gasteiger partial charge in [0.15, 0.2) is 0 Å². The largest absolute Gasteiger partial charge is 0.481 e. The maximum absolute atomic E-state index is 11.0. The van der Waals surface area contributed by atoms with Crippen LogP contribution >= 0.6 is 0 Å². The lowest BCUT2D eigenvalue weighted by molar-refractivity contribution is -0.141. The Hall–Kier alpha value is -1.35. The van der Waals surface area contributed by atoms with Crippen LogP contribution < -0.4 is 5.32 Å². The molecule has 3 heteroatoms. The molecule has 1 aromatic rings. The molecule has 1 aliphatic rings. The maximum atomic E-state index is 11.0. The van der Waals surface area contributed by atoms with E-state index in [4.69, 9.17) is 5.11 Å². The Morgan fingerprint density at radius 2 is 2.16 bits per heavy atom. The number of carboxylic acids is 1. The summed E-state index contributed by atoms with van der Waals surface area (Å²) in [7, 11) is 0. The Morgan fingerprint density at radius 3 is 2.74 bits per heavy atom. The summed E-state index contributed by atoms with van der Waals surface area (Å²) in [5, 5.41) is 12.4. The number of benzene rings is 1. The summed E-state index contributed by atoms with van der Waals surface area (Å²) in [5.41, 5.74) is 2.61. The van der Waals surface area contributed by atoms with Crippen LogP contribution in [0.3, 0.4) is 0 Å². The van der Waals surface area contributed by atoms with E-state index in [0.29, 0.717) is 18.9 Å². The first-order chi connectivity index (χ1) is 9.15. The molecule has 0 radical (unpaired) electrons. The van der Waals surface area contributed by atoms with E-state index in [0.717, 1.165) is 12.8 Å². The molecule has 0 spiro atoms. The van der Waals surface area contributed by atoms with Gasteiger partial charge in [0, 0.05) is 12.6 Å². The topological polar surface area (TPSA) is 49.3 Å². The quantitative estimate of drug-likeness (QED) is 0.854. The number of hydrogen-bond donors (Lipinski definition) is 2. The number of aliphatic carboxylic acids is 1. The van der Waals surface area contributed by atoms with Gasteiger partial charge < -0.3 is 10.4 Å². The molecule has 2 unspecified atom stereocenters. The van der Waals surface area contributed by atoms with Crippen molar-refractivity contribution in [1.82, 2.24) is 5.32 Å². The van der Waals surface area contributed by atoms with Crippen LogP contribution in [0.5, 0.6) is 0 Å². The van der Waals surface area contributed by atoms with E-state index in [1.807, 2.05) is 0 Å². The number of nitrogens with one attached hydrogen (secondary N) is 1. The van der Waals surface area contributed by atoms with Crippen LogP contribution in [0.1, 0.15) is 56.2 Å². The van der Waals surface area contributed by atoms with Gasteiger partial charge in [0.1, 0.15) is 0 Å². The van der Waals surface area contributed by atoms with Crippen LogP contribution in [0.25, 0.3) is 0 Å². The number of carbonyl (C=O) groups is 1. The second-order valence-electron chi connectivity index (χ2n) is 5.42. The van der Waals surface area contributed by atoms with Crippen molar-refractivity contribution >= 4 is 5.97 Å². The van der Waals surface area contributed by atoms with Gasteiger partial charge in [-0.1, -0.05) is 38.1 Å². The molecule has 0 bridgehead atoms. The predicted molar refractivity (Wildman–Crippen MR) is 76.3 cm³/mol. The van der Waals surface area contributed by atoms with Gasteiger partial charge in [-0.25, -0.2) is 0 Å². The third-order valence-electron chi connectivity index (χ3n) is 4.25. The van der Waals surface area contributed by atoms with Gasteiger partial charge in [0.2, 0.25) is 0 Å². The van der Waals surface area contributed by atoms with Crippen molar-refractivity contribution in [3.63, 3.8) is 0 Å². The molecular weight excluding hydrogens is 238 g/mol. The van der Waals surface area contributed by atoms with Gasteiger partial charge in [0.05, 0.1) is 5.92 Å². The Morgan fingerprint density at radius 1 is 1.42 bits per heavy atom. The van der Waals surface area contributed by atoms with Crippen molar-refractivity contribution in [2.45, 2.75) is 45.1 Å². The van der Waals surface area contributed by atoms with Gasteiger partial charge >= 0.3 is 5.97 Å². The fraction of sp³-hybridized carbons (Fsp3) is 0.562. The van der Waals surface area contributed by atoms with E-state index in [1.165, 1.54) is 11.1 Å². The maximum Gasteiger partial charge on any atom is 0.307 e.